The van der Waals surface area contributed by atoms with Gasteiger partial charge in [0.25, 0.3) is 0 Å². The number of fused-ring (bicyclic) bond motifs is 1. The van der Waals surface area contributed by atoms with Crippen LogP contribution in [0.15, 0.2) is 42.6 Å². The number of nitrogens with zero attached hydrogens (tertiary/aromatic N) is 2. The van der Waals surface area contributed by atoms with Crippen LogP contribution in [0.2, 0.25) is 0 Å². The molecule has 1 heterocycles. The van der Waals surface area contributed by atoms with Gasteiger partial charge in [0.2, 0.25) is 0 Å². The van der Waals surface area contributed by atoms with E-state index in [1.54, 1.807) is 0 Å². The van der Waals surface area contributed by atoms with Gasteiger partial charge in [-0.2, -0.15) is 13.2 Å². The molecule has 3 aromatic rings. The van der Waals surface area contributed by atoms with Gasteiger partial charge in [-0.25, -0.2) is 13.6 Å². The summed E-state index contributed by atoms with van der Waals surface area (Å²) in [4.78, 5) is 15.4. The van der Waals surface area contributed by atoms with E-state index in [9.17, 15) is 31.9 Å². The highest BCUT2D eigenvalue weighted by atomic mass is 19.4. The number of carbonyl (C=O) groups excluding carboxylic acids is 1. The van der Waals surface area contributed by atoms with Gasteiger partial charge >= 0.3 is 6.18 Å². The number of hydrogen-bond acceptors (Lipinski definition) is 2. The lowest BCUT2D eigenvalue weighted by molar-refractivity contribution is -0.138. The molecule has 0 radical (unpaired) electrons. The second kappa shape index (κ2) is 7.54. The van der Waals surface area contributed by atoms with E-state index in [1.165, 1.54) is 23.6 Å². The molecule has 9 heteroatoms. The molecule has 0 saturated heterocycles. The summed E-state index contributed by atoms with van der Waals surface area (Å²) < 4.78 is 68.0. The van der Waals surface area contributed by atoms with Crippen LogP contribution in [0, 0.1) is 18.2 Å². The third kappa shape index (κ3) is 4.19. The number of hydrogen-bond donors (Lipinski definition) is 1. The predicted octanol–water partition coefficient (Wildman–Crippen LogP) is 5.05. The maximum absolute atomic E-state index is 14.1. The molecule has 0 unspecified atom stereocenters. The maximum Gasteiger partial charge on any atom is 0.407 e. The average molecular weight is 422 g/mol. The molecule has 30 heavy (non-hydrogen) atoms. The number of benzene rings is 2. The Bertz CT molecular complexity index is 1170. The SMILES string of the molecule is [C-]#[N+]c1ccc(CC(=O)[C@@](C)(O)Cn2cc(F)c3cc(F)ccc32)cc1C(F)(F)F. The molecule has 4 nitrogen and oxygen atoms in total. The quantitative estimate of drug-likeness (QED) is 0.462. The van der Waals surface area contributed by atoms with Crippen molar-refractivity contribution in [1.82, 2.24) is 4.57 Å². The number of alkyl halides is 3. The third-order valence-corrected chi connectivity index (χ3v) is 4.72. The van der Waals surface area contributed by atoms with E-state index in [0.29, 0.717) is 6.07 Å². The van der Waals surface area contributed by atoms with Gasteiger partial charge in [-0.3, -0.25) is 4.79 Å². The van der Waals surface area contributed by atoms with Crippen LogP contribution in [0.3, 0.4) is 0 Å². The van der Waals surface area contributed by atoms with Gasteiger partial charge in [0, 0.05) is 18.0 Å². The number of ketones is 1. The molecule has 1 N–H and O–H groups in total. The summed E-state index contributed by atoms with van der Waals surface area (Å²) in [7, 11) is 0. The van der Waals surface area contributed by atoms with Gasteiger partial charge in [0.15, 0.2) is 11.5 Å². The predicted molar refractivity (Wildman–Crippen MR) is 98.9 cm³/mol. The first-order valence-corrected chi connectivity index (χ1v) is 8.69. The van der Waals surface area contributed by atoms with E-state index >= 15 is 0 Å². The van der Waals surface area contributed by atoms with Crippen LogP contribution in [0.25, 0.3) is 15.7 Å². The first-order valence-electron chi connectivity index (χ1n) is 8.69. The van der Waals surface area contributed by atoms with E-state index in [-0.39, 0.29) is 23.0 Å². The monoisotopic (exact) mass is 422 g/mol. The van der Waals surface area contributed by atoms with Crippen LogP contribution in [-0.2, 0) is 23.9 Å². The molecule has 0 aliphatic heterocycles. The zero-order valence-electron chi connectivity index (χ0n) is 15.6. The Morgan fingerprint density at radius 2 is 1.87 bits per heavy atom. The summed E-state index contributed by atoms with van der Waals surface area (Å²) in [5, 5.41) is 10.6. The Morgan fingerprint density at radius 1 is 1.17 bits per heavy atom. The fraction of sp³-hybridized carbons (Fsp3) is 0.238. The summed E-state index contributed by atoms with van der Waals surface area (Å²) in [6, 6.07) is 6.27. The molecular weight excluding hydrogens is 407 g/mol. The van der Waals surface area contributed by atoms with Crippen molar-refractivity contribution in [2.24, 2.45) is 0 Å². The number of Topliss-reactive ketones (excluding diaryl/α,β-unsaturated/α-hetero) is 1. The Kier molecular flexibility index (Phi) is 5.39. The fourth-order valence-corrected chi connectivity index (χ4v) is 3.17. The van der Waals surface area contributed by atoms with Crippen LogP contribution in [0.5, 0.6) is 0 Å². The molecule has 0 fully saturated rings. The Labute approximate surface area is 168 Å². The fourth-order valence-electron chi connectivity index (χ4n) is 3.17. The van der Waals surface area contributed by atoms with Crippen molar-refractivity contribution in [3.05, 3.63) is 76.8 Å². The highest BCUT2D eigenvalue weighted by Gasteiger charge is 2.35. The van der Waals surface area contributed by atoms with Gasteiger partial charge < -0.3 is 9.67 Å². The van der Waals surface area contributed by atoms with E-state index in [1.807, 2.05) is 0 Å². The number of aromatic nitrogens is 1. The molecular formula is C21H15F5N2O2. The van der Waals surface area contributed by atoms with Crippen LogP contribution in [0.1, 0.15) is 18.1 Å². The Morgan fingerprint density at radius 3 is 2.50 bits per heavy atom. The van der Waals surface area contributed by atoms with Crippen LogP contribution in [0.4, 0.5) is 27.6 Å². The summed E-state index contributed by atoms with van der Waals surface area (Å²) in [6.07, 6.45) is -4.28. The molecule has 0 saturated carbocycles. The lowest BCUT2D eigenvalue weighted by Crippen LogP contribution is -2.40. The first kappa shape index (κ1) is 21.5. The summed E-state index contributed by atoms with van der Waals surface area (Å²) >= 11 is 0. The lowest BCUT2D eigenvalue weighted by atomic mass is 9.94. The molecule has 0 amide bonds. The van der Waals surface area contributed by atoms with Gasteiger partial charge in [0.1, 0.15) is 17.2 Å². The van der Waals surface area contributed by atoms with Crippen molar-refractivity contribution in [2.75, 3.05) is 0 Å². The van der Waals surface area contributed by atoms with E-state index < -0.39 is 46.9 Å². The average Bonchev–Trinajstić information content (AvgIpc) is 2.95. The zero-order chi connectivity index (χ0) is 22.3. The van der Waals surface area contributed by atoms with Crippen molar-refractivity contribution in [1.29, 1.82) is 0 Å². The van der Waals surface area contributed by atoms with Crippen molar-refractivity contribution < 1.29 is 31.9 Å². The molecule has 0 aliphatic carbocycles. The highest BCUT2D eigenvalue weighted by Crippen LogP contribution is 2.37. The van der Waals surface area contributed by atoms with Gasteiger partial charge in [-0.1, -0.05) is 18.2 Å². The topological polar surface area (TPSA) is 46.6 Å². The standard InChI is InChI=1S/C21H15F5N2O2/c1-20(30,11-28-10-16(23)14-9-13(22)4-6-18(14)28)19(29)8-12-3-5-17(27-2)15(7-12)21(24,25)26/h3-7,9-10,30H,8,11H2,1H3/t20-/m0/s1. The van der Waals surface area contributed by atoms with Crippen LogP contribution in [-0.4, -0.2) is 21.1 Å². The number of carbonyl (C=O) groups is 1. The van der Waals surface area contributed by atoms with Gasteiger partial charge in [-0.15, -0.1) is 0 Å². The summed E-state index contributed by atoms with van der Waals surface area (Å²) in [6.45, 7) is 7.63. The molecule has 0 aliphatic rings. The first-order chi connectivity index (χ1) is 13.9. The smallest absolute Gasteiger partial charge is 0.380 e. The minimum absolute atomic E-state index is 0.0226. The molecule has 3 rings (SSSR count). The van der Waals surface area contributed by atoms with Crippen molar-refractivity contribution in [3.8, 4) is 0 Å². The minimum Gasteiger partial charge on any atom is -0.380 e. The van der Waals surface area contributed by atoms with E-state index in [2.05, 4.69) is 4.85 Å². The number of aliphatic hydroxyl groups is 1. The van der Waals surface area contributed by atoms with Crippen LogP contribution >= 0.6 is 0 Å². The minimum atomic E-state index is -4.77. The van der Waals surface area contributed by atoms with Gasteiger partial charge in [-0.05, 0) is 30.7 Å². The largest absolute Gasteiger partial charge is 0.407 e. The van der Waals surface area contributed by atoms with E-state index in [0.717, 1.165) is 24.4 Å². The normalized spacial score (nSPS) is 13.8. The molecule has 0 spiro atoms. The molecule has 1 atom stereocenters. The highest BCUT2D eigenvalue weighted by molar-refractivity contribution is 5.89. The second-order valence-corrected chi connectivity index (χ2v) is 7.10. The summed E-state index contributed by atoms with van der Waals surface area (Å²) in [5.41, 5.74) is -3.56. The molecule has 2 aromatic carbocycles. The van der Waals surface area contributed by atoms with Crippen molar-refractivity contribution in [3.63, 3.8) is 0 Å². The zero-order valence-corrected chi connectivity index (χ0v) is 15.6. The maximum atomic E-state index is 14.1. The van der Waals surface area contributed by atoms with E-state index in [4.69, 9.17) is 6.57 Å². The third-order valence-electron chi connectivity index (χ3n) is 4.72. The van der Waals surface area contributed by atoms with Crippen molar-refractivity contribution in [2.45, 2.75) is 31.7 Å². The number of rotatable bonds is 5. The van der Waals surface area contributed by atoms with Gasteiger partial charge in [0.05, 0.1) is 24.2 Å². The Hall–Kier alpha value is -3.25. The summed E-state index contributed by atoms with van der Waals surface area (Å²) in [5.74, 6) is -2.18. The van der Waals surface area contributed by atoms with Crippen LogP contribution < -0.4 is 0 Å². The lowest BCUT2D eigenvalue weighted by Gasteiger charge is -2.23. The number of halogens is 5. The van der Waals surface area contributed by atoms with Crippen molar-refractivity contribution >= 4 is 22.4 Å². The molecule has 156 valence electrons. The molecule has 1 aromatic heterocycles. The molecule has 0 bridgehead atoms. The Balaban J connectivity index is 1.86. The second-order valence-electron chi connectivity index (χ2n) is 7.10.